The Balaban J connectivity index is 0.000000290. The molecule has 1 saturated heterocycles. The molecule has 3 aromatic carbocycles. The van der Waals surface area contributed by atoms with E-state index in [1.165, 1.54) is 54.1 Å². The minimum atomic E-state index is -0.122. The number of aliphatic imine (C=N–C) groups is 1. The topological polar surface area (TPSA) is 172 Å². The Hall–Kier alpha value is -4.65. The third-order valence-corrected chi connectivity index (χ3v) is 12.4. The summed E-state index contributed by atoms with van der Waals surface area (Å²) in [5.41, 5.74) is 18.8. The van der Waals surface area contributed by atoms with Crippen LogP contribution in [-0.2, 0) is 19.5 Å². The summed E-state index contributed by atoms with van der Waals surface area (Å²) in [5.74, 6) is 7.38. The number of piperidine rings is 1. The van der Waals surface area contributed by atoms with Crippen LogP contribution in [0.4, 0.5) is 17.3 Å². The molecule has 2 aliphatic heterocycles. The Morgan fingerprint density at radius 3 is 2.17 bits per heavy atom. The molecule has 344 valence electrons. The van der Waals surface area contributed by atoms with Crippen molar-refractivity contribution in [3.8, 4) is 5.75 Å². The van der Waals surface area contributed by atoms with Gasteiger partial charge in [-0.15, -0.1) is 0 Å². The molecule has 0 unspecified atom stereocenters. The molecule has 11 nitrogen and oxygen atoms in total. The van der Waals surface area contributed by atoms with Gasteiger partial charge in [-0.1, -0.05) is 142 Å². The predicted molar refractivity (Wildman–Crippen MR) is 268 cm³/mol. The monoisotopic (exact) mass is 900 g/mol. The van der Waals surface area contributed by atoms with E-state index < -0.39 is 0 Å². The minimum absolute atomic E-state index is 0.0610. The maximum absolute atomic E-state index is 12.9. The normalized spacial score (nSPS) is 14.4. The predicted octanol–water partition coefficient (Wildman–Crippen LogP) is 12.1. The summed E-state index contributed by atoms with van der Waals surface area (Å²) < 4.78 is 0. The van der Waals surface area contributed by atoms with Crippen LogP contribution in [0.5, 0.6) is 5.75 Å². The first-order valence-electron chi connectivity index (χ1n) is 22.7. The van der Waals surface area contributed by atoms with E-state index in [0.717, 1.165) is 48.6 Å². The van der Waals surface area contributed by atoms with Crippen LogP contribution in [0.25, 0.3) is 0 Å². The number of carbonyl (C=O) groups excluding carboxylic acids is 1. The van der Waals surface area contributed by atoms with Crippen molar-refractivity contribution in [2.75, 3.05) is 23.7 Å². The molecule has 0 aliphatic carbocycles. The van der Waals surface area contributed by atoms with Gasteiger partial charge in [0.05, 0.1) is 34.4 Å². The maximum atomic E-state index is 12.9. The van der Waals surface area contributed by atoms with Gasteiger partial charge < -0.3 is 32.2 Å². The fourth-order valence-electron chi connectivity index (χ4n) is 6.45. The van der Waals surface area contributed by atoms with Crippen molar-refractivity contribution in [2.24, 2.45) is 27.6 Å². The quantitative estimate of drug-likeness (QED) is 0.0613. The first-order chi connectivity index (χ1) is 30.0. The van der Waals surface area contributed by atoms with Gasteiger partial charge in [0, 0.05) is 36.6 Å². The molecule has 7 N–H and O–H groups in total. The van der Waals surface area contributed by atoms with Gasteiger partial charge >= 0.3 is 0 Å². The second kappa shape index (κ2) is 26.2. The summed E-state index contributed by atoms with van der Waals surface area (Å²) in [6, 6.07) is 17.5. The van der Waals surface area contributed by atoms with Crippen molar-refractivity contribution in [3.05, 3.63) is 93.6 Å². The van der Waals surface area contributed by atoms with Crippen LogP contribution in [0.1, 0.15) is 153 Å². The molecule has 0 spiro atoms. The zero-order valence-corrected chi connectivity index (χ0v) is 41.1. The number of unbranched alkanes of at least 4 members (excludes halogenated alkanes) is 2. The average molecular weight is 901 g/mol. The third-order valence-electron chi connectivity index (χ3n) is 10.9. The summed E-state index contributed by atoms with van der Waals surface area (Å²) in [6.07, 6.45) is 12.2. The lowest BCUT2D eigenvalue weighted by molar-refractivity contribution is 0.0748. The first-order valence-corrected chi connectivity index (χ1v) is 23.9. The maximum Gasteiger partial charge on any atom is 0.258 e. The molecule has 0 bridgehead atoms. The lowest BCUT2D eigenvalue weighted by atomic mass is 9.91. The fourth-order valence-corrected chi connectivity index (χ4v) is 7.54. The number of aromatic nitrogens is 2. The largest absolute Gasteiger partial charge is 0.507 e. The van der Waals surface area contributed by atoms with Crippen LogP contribution in [-0.4, -0.2) is 56.4 Å². The van der Waals surface area contributed by atoms with Crippen LogP contribution in [0.2, 0.25) is 5.02 Å². The molecular formula is C50H74ClN9O2S. The molecule has 1 amide bonds. The number of anilines is 2. The zero-order valence-electron chi connectivity index (χ0n) is 39.5. The van der Waals surface area contributed by atoms with Gasteiger partial charge in [0.25, 0.3) is 5.91 Å². The number of hydrogen-bond donors (Lipinski definition) is 4. The number of hydrazone groups is 1. The lowest BCUT2D eigenvalue weighted by Crippen LogP contribution is -2.48. The van der Waals surface area contributed by atoms with E-state index in [1.807, 2.05) is 42.2 Å². The van der Waals surface area contributed by atoms with Gasteiger partial charge in [0.15, 0.2) is 5.82 Å². The van der Waals surface area contributed by atoms with Crippen LogP contribution < -0.4 is 22.2 Å². The summed E-state index contributed by atoms with van der Waals surface area (Å²) in [4.78, 5) is 31.2. The molecule has 0 atom stereocenters. The highest BCUT2D eigenvalue weighted by atomic mass is 35.5. The summed E-state index contributed by atoms with van der Waals surface area (Å²) in [5, 5.41) is 14.9. The molecule has 1 fully saturated rings. The Morgan fingerprint density at radius 1 is 0.952 bits per heavy atom. The molecule has 1 aromatic heterocycles. The van der Waals surface area contributed by atoms with Gasteiger partial charge in [-0.25, -0.2) is 9.97 Å². The Morgan fingerprint density at radius 2 is 1.60 bits per heavy atom. The number of carbonyl (C=O) groups is 1. The smallest absolute Gasteiger partial charge is 0.258 e. The Bertz CT molecular complexity index is 2100. The number of benzene rings is 3. The van der Waals surface area contributed by atoms with Gasteiger partial charge in [0.2, 0.25) is 0 Å². The second-order valence-corrected chi connectivity index (χ2v) is 18.7. The van der Waals surface area contributed by atoms with Crippen molar-refractivity contribution in [2.45, 2.75) is 155 Å². The van der Waals surface area contributed by atoms with Gasteiger partial charge in [0.1, 0.15) is 16.6 Å². The van der Waals surface area contributed by atoms with Crippen molar-refractivity contribution in [3.63, 3.8) is 0 Å². The van der Waals surface area contributed by atoms with Crippen LogP contribution in [0.15, 0.2) is 80.8 Å². The minimum Gasteiger partial charge on any atom is -0.507 e. The number of nitrogens with zero attached hydrogens (tertiary/aromatic N) is 6. The number of phenolic OH excluding ortho intramolecular Hbond substituents is 1. The molecule has 63 heavy (non-hydrogen) atoms. The number of rotatable bonds is 12. The molecule has 4 aromatic rings. The average Bonchev–Trinajstić information content (AvgIpc) is 3.69. The number of phenols is 1. The molecule has 3 heterocycles. The number of fused-ring (bicyclic) bond motifs is 1. The van der Waals surface area contributed by atoms with Crippen molar-refractivity contribution in [1.82, 2.24) is 14.9 Å². The standard InChI is InChI=1S/C22H27NO2.C20H27ClN8S.2C4H10/c1-14(2)9-16-5-6-18-12-23(13-19(18)10-16)22(25)20-11-17(15(3)4)7-8-21(20)24;1-3-13(28-24)11-25-14-5-4-6-15(17(14)21)30-19-18(22)27-16(12-26-19)29-9-7-20(2,23)8-10-29;2*1-3-4-2/h5-8,10-11,14-15,24H,9,12-13H2,1-4H3;4-6,11-12H,3,7-10,23-24H2,1-2H3,(H2,22,27);2*3-4H2,1-2H3/b;25-11?,28-13-;;. The van der Waals surface area contributed by atoms with E-state index in [0.29, 0.717) is 64.2 Å². The first kappa shape index (κ1) is 52.7. The molecule has 13 heteroatoms. The highest BCUT2D eigenvalue weighted by molar-refractivity contribution is 7.99. The van der Waals surface area contributed by atoms with E-state index in [-0.39, 0.29) is 17.2 Å². The van der Waals surface area contributed by atoms with Gasteiger partial charge in [-0.05, 0) is 91.0 Å². The number of amides is 1. The third kappa shape index (κ3) is 16.4. The number of hydrogen-bond acceptors (Lipinski definition) is 11. The van der Waals surface area contributed by atoms with Gasteiger partial charge in [-0.2, -0.15) is 5.10 Å². The molecule has 0 saturated carbocycles. The fraction of sp³-hybridized carbons (Fsp3) is 0.500. The molecule has 6 rings (SSSR count). The molecular weight excluding hydrogens is 826 g/mol. The number of nitrogen functional groups attached to an aromatic ring is 1. The Labute approximate surface area is 387 Å². The van der Waals surface area contributed by atoms with E-state index in [4.69, 9.17) is 28.9 Å². The van der Waals surface area contributed by atoms with Crippen molar-refractivity contribution < 1.29 is 9.90 Å². The summed E-state index contributed by atoms with van der Waals surface area (Å²) >= 11 is 7.90. The summed E-state index contributed by atoms with van der Waals surface area (Å²) in [6.45, 7) is 24.3. The number of halogens is 1. The summed E-state index contributed by atoms with van der Waals surface area (Å²) in [7, 11) is 0. The van der Waals surface area contributed by atoms with Gasteiger partial charge in [-0.3, -0.25) is 9.79 Å². The highest BCUT2D eigenvalue weighted by Gasteiger charge is 2.28. The SMILES string of the molecule is CC(C)Cc1ccc2c(c1)CN(C(=O)c1cc(C(C)C)ccc1O)C2.CC/C(C=Nc1cccc(Sc2ncc(N3CCC(C)(N)CC3)nc2N)c1Cl)=N/N.CCCC.CCCC. The molecule has 2 aliphatic rings. The van der Waals surface area contributed by atoms with E-state index in [2.05, 4.69) is 105 Å². The molecule has 0 radical (unpaired) electrons. The number of nitrogens with two attached hydrogens (primary N) is 3. The number of aromatic hydroxyl groups is 1. The highest BCUT2D eigenvalue weighted by Crippen LogP contribution is 2.40. The van der Waals surface area contributed by atoms with Crippen molar-refractivity contribution in [1.29, 1.82) is 0 Å². The zero-order chi connectivity index (χ0) is 46.7. The van der Waals surface area contributed by atoms with Crippen LogP contribution in [0.3, 0.4) is 0 Å². The van der Waals surface area contributed by atoms with Crippen LogP contribution >= 0.6 is 23.4 Å². The lowest BCUT2D eigenvalue weighted by Gasteiger charge is -2.37. The van der Waals surface area contributed by atoms with E-state index >= 15 is 0 Å². The van der Waals surface area contributed by atoms with Crippen molar-refractivity contribution >= 4 is 58.5 Å². The van der Waals surface area contributed by atoms with E-state index in [9.17, 15) is 9.90 Å². The second-order valence-electron chi connectivity index (χ2n) is 17.3. The van der Waals surface area contributed by atoms with E-state index in [1.54, 1.807) is 18.5 Å². The van der Waals surface area contributed by atoms with Crippen LogP contribution in [0, 0.1) is 5.92 Å². The Kier molecular flexibility index (Phi) is 21.9.